The number of halogens is 4. The third kappa shape index (κ3) is 4.99. The third-order valence-corrected chi connectivity index (χ3v) is 6.16. The van der Waals surface area contributed by atoms with Crippen LogP contribution < -0.4 is 5.32 Å². The van der Waals surface area contributed by atoms with Crippen LogP contribution in [-0.4, -0.2) is 25.5 Å². The maximum atomic E-state index is 12.6. The minimum Gasteiger partial charge on any atom is -0.303 e. The smallest absolute Gasteiger partial charge is 0.266 e. The van der Waals surface area contributed by atoms with Gasteiger partial charge in [0, 0.05) is 22.4 Å². The number of carbonyl (C=O) groups excluding carboxylic acids is 1. The largest absolute Gasteiger partial charge is 0.303 e. The van der Waals surface area contributed by atoms with E-state index in [2.05, 4.69) is 15.5 Å². The number of amides is 1. The molecule has 0 aliphatic rings. The molecule has 1 aromatic carbocycles. The van der Waals surface area contributed by atoms with E-state index in [4.69, 9.17) is 46.4 Å². The van der Waals surface area contributed by atoms with E-state index in [1.807, 2.05) is 11.4 Å². The van der Waals surface area contributed by atoms with Crippen molar-refractivity contribution in [3.05, 3.63) is 84.3 Å². The summed E-state index contributed by atoms with van der Waals surface area (Å²) in [5.74, 6) is -0.0121. The summed E-state index contributed by atoms with van der Waals surface area (Å²) in [7, 11) is 0. The van der Waals surface area contributed by atoms with E-state index in [0.717, 1.165) is 11.1 Å². The monoisotopic (exact) mass is 499 g/mol. The van der Waals surface area contributed by atoms with Crippen LogP contribution in [0.4, 0.5) is 5.82 Å². The van der Waals surface area contributed by atoms with Gasteiger partial charge in [0.05, 0.1) is 29.2 Å². The van der Waals surface area contributed by atoms with Crippen LogP contribution in [-0.2, 0) is 13.1 Å². The van der Waals surface area contributed by atoms with E-state index in [9.17, 15) is 4.79 Å². The van der Waals surface area contributed by atoms with Crippen molar-refractivity contribution in [2.45, 2.75) is 13.1 Å². The third-order valence-electron chi connectivity index (χ3n) is 4.12. The summed E-state index contributed by atoms with van der Waals surface area (Å²) in [6, 6.07) is 7.03. The van der Waals surface area contributed by atoms with Gasteiger partial charge in [-0.15, -0.1) is 11.3 Å². The fourth-order valence-electron chi connectivity index (χ4n) is 2.75. The molecule has 3 heterocycles. The van der Waals surface area contributed by atoms with Gasteiger partial charge in [0.2, 0.25) is 0 Å². The van der Waals surface area contributed by atoms with Gasteiger partial charge in [0.15, 0.2) is 5.82 Å². The minimum atomic E-state index is -0.290. The summed E-state index contributed by atoms with van der Waals surface area (Å²) >= 11 is 25.6. The highest BCUT2D eigenvalue weighted by atomic mass is 35.5. The highest BCUT2D eigenvalue weighted by Gasteiger charge is 2.15. The molecule has 154 valence electrons. The van der Waals surface area contributed by atoms with Crippen molar-refractivity contribution >= 4 is 69.5 Å². The Morgan fingerprint density at radius 1 is 1.00 bits per heavy atom. The van der Waals surface area contributed by atoms with Crippen LogP contribution in [0.15, 0.2) is 48.2 Å². The molecule has 6 nitrogen and oxygen atoms in total. The molecule has 0 aliphatic carbocycles. The van der Waals surface area contributed by atoms with E-state index in [0.29, 0.717) is 38.1 Å². The van der Waals surface area contributed by atoms with E-state index in [-0.39, 0.29) is 11.7 Å². The number of aromatic nitrogens is 4. The zero-order valence-corrected chi connectivity index (χ0v) is 19.0. The van der Waals surface area contributed by atoms with E-state index >= 15 is 0 Å². The second-order valence-corrected chi connectivity index (χ2v) is 8.99. The average Bonchev–Trinajstić information content (AvgIpc) is 3.40. The fraction of sp³-hybridized carbons (Fsp3) is 0.105. The van der Waals surface area contributed by atoms with Crippen LogP contribution >= 0.6 is 57.7 Å². The Labute approximate surface area is 195 Å². The Hall–Kier alpha value is -2.03. The summed E-state index contributed by atoms with van der Waals surface area (Å²) in [5, 5.41) is 15.1. The zero-order valence-electron chi connectivity index (χ0n) is 15.2. The zero-order chi connectivity index (χ0) is 21.3. The molecule has 0 radical (unpaired) electrons. The number of nitrogens with one attached hydrogen (secondary N) is 1. The van der Waals surface area contributed by atoms with Crippen molar-refractivity contribution in [2.75, 3.05) is 5.32 Å². The normalized spacial score (nSPS) is 11.1. The maximum Gasteiger partial charge on any atom is 0.266 e. The molecule has 4 rings (SSSR count). The summed E-state index contributed by atoms with van der Waals surface area (Å²) in [4.78, 5) is 13.1. The number of hydrogen-bond acceptors (Lipinski definition) is 4. The molecule has 1 N–H and O–H groups in total. The first-order valence-electron chi connectivity index (χ1n) is 8.61. The number of carbonyl (C=O) groups is 1. The van der Waals surface area contributed by atoms with Gasteiger partial charge in [-0.2, -0.15) is 10.2 Å². The van der Waals surface area contributed by atoms with Gasteiger partial charge in [-0.25, -0.2) is 0 Å². The van der Waals surface area contributed by atoms with Crippen LogP contribution in [0.2, 0.25) is 20.1 Å². The predicted molar refractivity (Wildman–Crippen MR) is 121 cm³/mol. The van der Waals surface area contributed by atoms with Gasteiger partial charge < -0.3 is 5.32 Å². The molecule has 0 unspecified atom stereocenters. The second-order valence-electron chi connectivity index (χ2n) is 6.39. The lowest BCUT2D eigenvalue weighted by Crippen LogP contribution is -2.12. The standard InChI is InChI=1S/C19H13Cl4N5OS/c20-13-2-1-12(15(22)4-13)7-28-9-16(23)18(26-28)25-19(29)17-3-11(10-30-17)6-27-8-14(21)5-24-27/h1-5,8-10H,6-7H2,(H,25,26,29). The van der Waals surface area contributed by atoms with Crippen LogP contribution in [0.5, 0.6) is 0 Å². The van der Waals surface area contributed by atoms with Crippen LogP contribution in [0, 0.1) is 0 Å². The molecule has 0 saturated carbocycles. The Kier molecular flexibility index (Phi) is 6.36. The van der Waals surface area contributed by atoms with E-state index in [1.165, 1.54) is 11.3 Å². The van der Waals surface area contributed by atoms with Crippen molar-refractivity contribution in [1.29, 1.82) is 0 Å². The predicted octanol–water partition coefficient (Wildman–Crippen LogP) is 6.10. The molecule has 30 heavy (non-hydrogen) atoms. The Balaban J connectivity index is 1.43. The Morgan fingerprint density at radius 2 is 1.83 bits per heavy atom. The molecular formula is C19H13Cl4N5OS. The molecule has 0 atom stereocenters. The van der Waals surface area contributed by atoms with Gasteiger partial charge in [0.25, 0.3) is 5.91 Å². The first-order valence-corrected chi connectivity index (χ1v) is 11.0. The number of thiophene rings is 1. The number of anilines is 1. The molecule has 0 aliphatic heterocycles. The van der Waals surface area contributed by atoms with Crippen molar-refractivity contribution in [3.8, 4) is 0 Å². The lowest BCUT2D eigenvalue weighted by atomic mass is 10.2. The van der Waals surface area contributed by atoms with Gasteiger partial charge >= 0.3 is 0 Å². The fourth-order valence-corrected chi connectivity index (χ4v) is 4.37. The highest BCUT2D eigenvalue weighted by Crippen LogP contribution is 2.25. The van der Waals surface area contributed by atoms with E-state index in [1.54, 1.807) is 46.2 Å². The van der Waals surface area contributed by atoms with Gasteiger partial charge in [-0.1, -0.05) is 52.5 Å². The Bertz CT molecular complexity index is 1220. The SMILES string of the molecule is O=C(Nc1nn(Cc2ccc(Cl)cc2Cl)cc1Cl)c1cc(Cn2cc(Cl)cn2)cs1. The summed E-state index contributed by atoms with van der Waals surface area (Å²) in [6.45, 7) is 0.912. The molecular weight excluding hydrogens is 488 g/mol. The van der Waals surface area contributed by atoms with Gasteiger partial charge in [-0.05, 0) is 34.7 Å². The van der Waals surface area contributed by atoms with Crippen molar-refractivity contribution in [1.82, 2.24) is 19.6 Å². The molecule has 4 aromatic rings. The quantitative estimate of drug-likeness (QED) is 0.347. The molecule has 3 aromatic heterocycles. The molecule has 11 heteroatoms. The topological polar surface area (TPSA) is 64.7 Å². The first kappa shape index (κ1) is 21.2. The molecule has 0 fully saturated rings. The maximum absolute atomic E-state index is 12.6. The van der Waals surface area contributed by atoms with Crippen molar-refractivity contribution in [2.24, 2.45) is 0 Å². The van der Waals surface area contributed by atoms with Crippen LogP contribution in [0.1, 0.15) is 20.8 Å². The summed E-state index contributed by atoms with van der Waals surface area (Å²) < 4.78 is 3.31. The van der Waals surface area contributed by atoms with E-state index < -0.39 is 0 Å². The summed E-state index contributed by atoms with van der Waals surface area (Å²) in [6.07, 6.45) is 4.92. The van der Waals surface area contributed by atoms with Crippen molar-refractivity contribution in [3.63, 3.8) is 0 Å². The highest BCUT2D eigenvalue weighted by molar-refractivity contribution is 7.12. The first-order chi connectivity index (χ1) is 14.4. The average molecular weight is 501 g/mol. The molecule has 0 spiro atoms. The van der Waals surface area contributed by atoms with Crippen molar-refractivity contribution < 1.29 is 4.79 Å². The van der Waals surface area contributed by atoms with Crippen LogP contribution in [0.25, 0.3) is 0 Å². The lowest BCUT2D eigenvalue weighted by molar-refractivity contribution is 0.103. The van der Waals surface area contributed by atoms with Crippen LogP contribution in [0.3, 0.4) is 0 Å². The van der Waals surface area contributed by atoms with Gasteiger partial charge in [0.1, 0.15) is 5.02 Å². The number of benzene rings is 1. The molecule has 0 bridgehead atoms. The summed E-state index contributed by atoms with van der Waals surface area (Å²) in [5.41, 5.74) is 1.78. The number of rotatable bonds is 6. The van der Waals surface area contributed by atoms with Gasteiger partial charge in [-0.3, -0.25) is 14.2 Å². The minimum absolute atomic E-state index is 0.278. The number of nitrogens with zero attached hydrogens (tertiary/aromatic N) is 4. The molecule has 1 amide bonds. The molecule has 0 saturated heterocycles. The second kappa shape index (κ2) is 8.99. The number of hydrogen-bond donors (Lipinski definition) is 1. The lowest BCUT2D eigenvalue weighted by Gasteiger charge is -2.05. The Morgan fingerprint density at radius 3 is 2.57 bits per heavy atom.